The van der Waals surface area contributed by atoms with Gasteiger partial charge >= 0.3 is 0 Å². The Kier molecular flexibility index (Phi) is 6.57. The molecule has 2 fully saturated rings. The van der Waals surface area contributed by atoms with Crippen LogP contribution in [0.5, 0.6) is 5.75 Å². The van der Waals surface area contributed by atoms with E-state index in [1.165, 1.54) is 17.5 Å². The van der Waals surface area contributed by atoms with Crippen molar-refractivity contribution < 1.29 is 22.3 Å². The minimum absolute atomic E-state index is 0.0156. The number of rotatable bonds is 5. The molecular weight excluding hydrogens is 385 g/mol. The highest BCUT2D eigenvalue weighted by molar-refractivity contribution is 7.89. The van der Waals surface area contributed by atoms with Gasteiger partial charge in [-0.05, 0) is 37.6 Å². The van der Waals surface area contributed by atoms with E-state index in [1.54, 1.807) is 0 Å². The van der Waals surface area contributed by atoms with Crippen LogP contribution in [-0.4, -0.2) is 81.4 Å². The lowest BCUT2D eigenvalue weighted by Crippen LogP contribution is -2.52. The van der Waals surface area contributed by atoms with E-state index >= 15 is 0 Å². The Hall–Kier alpha value is -1.71. The summed E-state index contributed by atoms with van der Waals surface area (Å²) in [5.41, 5.74) is 0. The first-order valence-corrected chi connectivity index (χ1v) is 11.2. The molecule has 2 aliphatic heterocycles. The maximum Gasteiger partial charge on any atom is 0.246 e. The van der Waals surface area contributed by atoms with Gasteiger partial charge in [0.05, 0.1) is 13.0 Å². The average Bonchev–Trinajstić information content (AvgIpc) is 2.73. The molecule has 1 aromatic rings. The monoisotopic (exact) mass is 413 g/mol. The van der Waals surface area contributed by atoms with Crippen molar-refractivity contribution in [1.29, 1.82) is 0 Å². The van der Waals surface area contributed by atoms with Crippen molar-refractivity contribution in [3.8, 4) is 5.75 Å². The van der Waals surface area contributed by atoms with Crippen LogP contribution in [0.2, 0.25) is 0 Å². The first-order chi connectivity index (χ1) is 13.4. The zero-order valence-corrected chi connectivity index (χ0v) is 17.3. The molecule has 0 aliphatic carbocycles. The van der Waals surface area contributed by atoms with Crippen LogP contribution in [0.4, 0.5) is 4.39 Å². The molecule has 1 amide bonds. The zero-order chi connectivity index (χ0) is 20.3. The molecule has 9 heteroatoms. The molecule has 0 N–H and O–H groups in total. The molecule has 0 unspecified atom stereocenters. The molecule has 1 atom stereocenters. The molecule has 0 aromatic heterocycles. The van der Waals surface area contributed by atoms with Crippen molar-refractivity contribution >= 4 is 15.9 Å². The van der Waals surface area contributed by atoms with E-state index in [0.717, 1.165) is 31.8 Å². The molecule has 28 heavy (non-hydrogen) atoms. The summed E-state index contributed by atoms with van der Waals surface area (Å²) in [6, 6.07) is 3.45. The van der Waals surface area contributed by atoms with Gasteiger partial charge in [-0.1, -0.05) is 6.92 Å². The minimum atomic E-state index is -3.95. The summed E-state index contributed by atoms with van der Waals surface area (Å²) >= 11 is 0. The fraction of sp³-hybridized carbons (Fsp3) is 0.632. The van der Waals surface area contributed by atoms with Crippen LogP contribution in [0.3, 0.4) is 0 Å². The van der Waals surface area contributed by atoms with E-state index in [4.69, 9.17) is 4.74 Å². The standard InChI is InChI=1S/C19H28FN3O4S/c1-3-21-9-11-22(12-10-21)19(24)15-5-4-8-23(14-15)28(25,26)18-13-16(20)6-7-17(18)27-2/h6-7,13,15H,3-5,8-12,14H2,1-2H3/t15-/m1/s1. The first-order valence-electron chi connectivity index (χ1n) is 9.71. The maximum absolute atomic E-state index is 13.7. The summed E-state index contributed by atoms with van der Waals surface area (Å²) in [4.78, 5) is 16.9. The number of halogens is 1. The zero-order valence-electron chi connectivity index (χ0n) is 16.4. The molecule has 7 nitrogen and oxygen atoms in total. The molecule has 156 valence electrons. The van der Waals surface area contributed by atoms with E-state index < -0.39 is 15.8 Å². The number of carbonyl (C=O) groups is 1. The minimum Gasteiger partial charge on any atom is -0.495 e. The van der Waals surface area contributed by atoms with Crippen LogP contribution in [-0.2, 0) is 14.8 Å². The lowest BCUT2D eigenvalue weighted by Gasteiger charge is -2.38. The van der Waals surface area contributed by atoms with Gasteiger partial charge < -0.3 is 14.5 Å². The maximum atomic E-state index is 13.7. The van der Waals surface area contributed by atoms with Gasteiger partial charge in [0.2, 0.25) is 15.9 Å². The number of piperidine rings is 1. The number of amides is 1. The predicted octanol–water partition coefficient (Wildman–Crippen LogP) is 1.40. The highest BCUT2D eigenvalue weighted by Gasteiger charge is 2.37. The average molecular weight is 414 g/mol. The van der Waals surface area contributed by atoms with E-state index in [2.05, 4.69) is 11.8 Å². The number of ether oxygens (including phenoxy) is 1. The summed E-state index contributed by atoms with van der Waals surface area (Å²) in [6.07, 6.45) is 1.27. The van der Waals surface area contributed by atoms with Gasteiger partial charge in [-0.25, -0.2) is 12.8 Å². The number of hydrogen-bond donors (Lipinski definition) is 0. The predicted molar refractivity (Wildman–Crippen MR) is 103 cm³/mol. The molecule has 1 aromatic carbocycles. The van der Waals surface area contributed by atoms with Crippen LogP contribution in [0.1, 0.15) is 19.8 Å². The fourth-order valence-corrected chi connectivity index (χ4v) is 5.59. The molecule has 0 radical (unpaired) electrons. The number of methoxy groups -OCH3 is 1. The summed E-state index contributed by atoms with van der Waals surface area (Å²) < 4.78 is 46.3. The second kappa shape index (κ2) is 8.75. The quantitative estimate of drug-likeness (QED) is 0.730. The van der Waals surface area contributed by atoms with Crippen LogP contribution in [0.15, 0.2) is 23.1 Å². The van der Waals surface area contributed by atoms with E-state index in [9.17, 15) is 17.6 Å². The van der Waals surface area contributed by atoms with Crippen molar-refractivity contribution in [2.75, 3.05) is 52.9 Å². The summed E-state index contributed by atoms with van der Waals surface area (Å²) in [5.74, 6) is -0.888. The van der Waals surface area contributed by atoms with E-state index in [-0.39, 0.29) is 29.0 Å². The third-order valence-corrected chi connectivity index (χ3v) is 7.49. The van der Waals surface area contributed by atoms with Gasteiger partial charge in [-0.3, -0.25) is 4.79 Å². The van der Waals surface area contributed by atoms with Gasteiger partial charge in [0.15, 0.2) is 0 Å². The third-order valence-electron chi connectivity index (χ3n) is 5.61. The van der Waals surface area contributed by atoms with Crippen molar-refractivity contribution in [2.45, 2.75) is 24.7 Å². The summed E-state index contributed by atoms with van der Waals surface area (Å²) in [5, 5.41) is 0. The topological polar surface area (TPSA) is 70.2 Å². The van der Waals surface area contributed by atoms with Crippen LogP contribution >= 0.6 is 0 Å². The first kappa shape index (κ1) is 21.0. The summed E-state index contributed by atoms with van der Waals surface area (Å²) in [6.45, 7) is 6.54. The van der Waals surface area contributed by atoms with Gasteiger partial charge in [0.1, 0.15) is 16.5 Å². The van der Waals surface area contributed by atoms with Gasteiger partial charge in [0.25, 0.3) is 0 Å². The lowest BCUT2D eigenvalue weighted by atomic mass is 9.98. The largest absolute Gasteiger partial charge is 0.495 e. The van der Waals surface area contributed by atoms with Crippen molar-refractivity contribution in [3.63, 3.8) is 0 Å². The number of likely N-dealkylation sites (N-methyl/N-ethyl adjacent to an activating group) is 1. The Balaban J connectivity index is 1.74. The second-order valence-electron chi connectivity index (χ2n) is 7.26. The number of benzene rings is 1. The number of carbonyl (C=O) groups excluding carboxylic acids is 1. The molecule has 0 bridgehead atoms. The third kappa shape index (κ3) is 4.31. The molecule has 0 spiro atoms. The van der Waals surface area contributed by atoms with Crippen molar-refractivity contribution in [3.05, 3.63) is 24.0 Å². The molecular formula is C19H28FN3O4S. The van der Waals surface area contributed by atoms with Crippen molar-refractivity contribution in [1.82, 2.24) is 14.1 Å². The second-order valence-corrected chi connectivity index (χ2v) is 9.16. The van der Waals surface area contributed by atoms with Crippen LogP contribution in [0.25, 0.3) is 0 Å². The SMILES string of the molecule is CCN1CCN(C(=O)[C@@H]2CCCN(S(=O)(=O)c3cc(F)ccc3OC)C2)CC1. The molecule has 0 saturated carbocycles. The Morgan fingerprint density at radius 2 is 1.93 bits per heavy atom. The number of hydrogen-bond acceptors (Lipinski definition) is 5. The van der Waals surface area contributed by atoms with E-state index in [1.807, 2.05) is 4.90 Å². The highest BCUT2D eigenvalue weighted by Crippen LogP contribution is 2.31. The highest BCUT2D eigenvalue weighted by atomic mass is 32.2. The van der Waals surface area contributed by atoms with Gasteiger partial charge in [0, 0.05) is 39.3 Å². The number of piperazine rings is 1. The Labute approximate surface area is 166 Å². The normalized spacial score (nSPS) is 22.2. The van der Waals surface area contributed by atoms with E-state index in [0.29, 0.717) is 32.5 Å². The Morgan fingerprint density at radius 1 is 1.21 bits per heavy atom. The van der Waals surface area contributed by atoms with Crippen molar-refractivity contribution in [2.24, 2.45) is 5.92 Å². The smallest absolute Gasteiger partial charge is 0.246 e. The van der Waals surface area contributed by atoms with Gasteiger partial charge in [-0.2, -0.15) is 4.31 Å². The molecule has 2 heterocycles. The Bertz CT molecular complexity index is 809. The number of nitrogens with zero attached hydrogens (tertiary/aromatic N) is 3. The summed E-state index contributed by atoms with van der Waals surface area (Å²) in [7, 11) is -2.60. The van der Waals surface area contributed by atoms with Crippen LogP contribution in [0, 0.1) is 11.7 Å². The Morgan fingerprint density at radius 3 is 2.57 bits per heavy atom. The number of sulfonamides is 1. The van der Waals surface area contributed by atoms with Crippen LogP contribution < -0.4 is 4.74 Å². The molecule has 3 rings (SSSR count). The lowest BCUT2D eigenvalue weighted by molar-refractivity contribution is -0.138. The molecule has 2 aliphatic rings. The fourth-order valence-electron chi connectivity index (χ4n) is 3.90. The van der Waals surface area contributed by atoms with Gasteiger partial charge in [-0.15, -0.1) is 0 Å². The molecule has 2 saturated heterocycles.